The molecule has 4 heteroatoms. The highest BCUT2D eigenvalue weighted by Gasteiger charge is 2.23. The molecule has 0 amide bonds. The number of nitrogens with zero attached hydrogens (tertiary/aromatic N) is 1. The van der Waals surface area contributed by atoms with Gasteiger partial charge in [-0.05, 0) is 25.0 Å². The molecule has 15 heavy (non-hydrogen) atoms. The lowest BCUT2D eigenvalue weighted by atomic mass is 10.0. The Balaban J connectivity index is 1.85. The highest BCUT2D eigenvalue weighted by molar-refractivity contribution is 7.99. The van der Waals surface area contributed by atoms with Crippen molar-refractivity contribution in [2.24, 2.45) is 5.92 Å². The first-order valence-corrected chi connectivity index (χ1v) is 6.05. The quantitative estimate of drug-likeness (QED) is 0.581. The fraction of sp³-hybridized carbons (Fsp3) is 0.455. The van der Waals surface area contributed by atoms with E-state index >= 15 is 0 Å². The standard InChI is InChI=1S/C11H13NO2S/c13-11-9(4-3-7-14-11)8-15-10-5-1-2-6-12-10/h1-2,5-6,9H,3-4,7-8H2. The van der Waals surface area contributed by atoms with E-state index in [4.69, 9.17) is 4.74 Å². The van der Waals surface area contributed by atoms with Crippen molar-refractivity contribution in [2.45, 2.75) is 17.9 Å². The van der Waals surface area contributed by atoms with E-state index in [1.54, 1.807) is 18.0 Å². The Morgan fingerprint density at radius 3 is 3.20 bits per heavy atom. The summed E-state index contributed by atoms with van der Waals surface area (Å²) in [5.74, 6) is 0.769. The van der Waals surface area contributed by atoms with Crippen molar-refractivity contribution in [2.75, 3.05) is 12.4 Å². The van der Waals surface area contributed by atoms with Crippen molar-refractivity contribution in [1.82, 2.24) is 4.98 Å². The van der Waals surface area contributed by atoms with Crippen molar-refractivity contribution < 1.29 is 9.53 Å². The van der Waals surface area contributed by atoms with E-state index < -0.39 is 0 Å². The second-order valence-corrected chi connectivity index (χ2v) is 4.53. The van der Waals surface area contributed by atoms with Gasteiger partial charge in [-0.3, -0.25) is 4.79 Å². The second-order valence-electron chi connectivity index (χ2n) is 3.49. The fourth-order valence-corrected chi connectivity index (χ4v) is 2.49. The molecule has 0 radical (unpaired) electrons. The van der Waals surface area contributed by atoms with Gasteiger partial charge in [0.2, 0.25) is 0 Å². The van der Waals surface area contributed by atoms with Crippen LogP contribution in [0.2, 0.25) is 0 Å². The third-order valence-corrected chi connectivity index (χ3v) is 3.45. The predicted octanol–water partition coefficient (Wildman–Crippen LogP) is 2.13. The summed E-state index contributed by atoms with van der Waals surface area (Å²) in [5, 5.41) is 0.968. The third kappa shape index (κ3) is 2.96. The number of ether oxygens (including phenoxy) is 1. The molecule has 3 nitrogen and oxygen atoms in total. The van der Waals surface area contributed by atoms with Crippen LogP contribution in [0.15, 0.2) is 29.4 Å². The molecule has 1 saturated heterocycles. The van der Waals surface area contributed by atoms with E-state index in [0.717, 1.165) is 23.6 Å². The van der Waals surface area contributed by atoms with Crippen molar-refractivity contribution in [3.05, 3.63) is 24.4 Å². The maximum absolute atomic E-state index is 11.4. The first kappa shape index (κ1) is 10.5. The summed E-state index contributed by atoms with van der Waals surface area (Å²) in [6.45, 7) is 0.587. The summed E-state index contributed by atoms with van der Waals surface area (Å²) >= 11 is 1.62. The van der Waals surface area contributed by atoms with E-state index in [0.29, 0.717) is 6.61 Å². The monoisotopic (exact) mass is 223 g/mol. The van der Waals surface area contributed by atoms with Crippen LogP contribution in [0.25, 0.3) is 0 Å². The minimum atomic E-state index is -0.0512. The predicted molar refractivity (Wildman–Crippen MR) is 58.6 cm³/mol. The minimum Gasteiger partial charge on any atom is -0.465 e. The largest absolute Gasteiger partial charge is 0.465 e. The van der Waals surface area contributed by atoms with Gasteiger partial charge >= 0.3 is 5.97 Å². The zero-order valence-electron chi connectivity index (χ0n) is 8.39. The van der Waals surface area contributed by atoms with Gasteiger partial charge in [0.05, 0.1) is 17.6 Å². The molecule has 1 aliphatic heterocycles. The number of carbonyl (C=O) groups excluding carboxylic acids is 1. The van der Waals surface area contributed by atoms with Gasteiger partial charge < -0.3 is 4.74 Å². The molecule has 1 atom stereocenters. The Bertz CT molecular complexity index is 329. The molecule has 0 aromatic carbocycles. The van der Waals surface area contributed by atoms with Crippen LogP contribution in [0.3, 0.4) is 0 Å². The zero-order valence-corrected chi connectivity index (χ0v) is 9.20. The topological polar surface area (TPSA) is 39.2 Å². The number of cyclic esters (lactones) is 1. The van der Waals surface area contributed by atoms with Gasteiger partial charge in [-0.2, -0.15) is 0 Å². The Morgan fingerprint density at radius 2 is 2.47 bits per heavy atom. The van der Waals surface area contributed by atoms with E-state index in [-0.39, 0.29) is 11.9 Å². The molecular formula is C11H13NO2S. The maximum atomic E-state index is 11.4. The van der Waals surface area contributed by atoms with Crippen LogP contribution in [-0.4, -0.2) is 23.3 Å². The lowest BCUT2D eigenvalue weighted by Gasteiger charge is -2.19. The SMILES string of the molecule is O=C1OCCCC1CSc1ccccn1. The van der Waals surface area contributed by atoms with Crippen LogP contribution in [0.4, 0.5) is 0 Å². The summed E-state index contributed by atoms with van der Waals surface area (Å²) in [4.78, 5) is 15.6. The molecule has 1 fully saturated rings. The lowest BCUT2D eigenvalue weighted by molar-refractivity contribution is -0.151. The molecule has 2 heterocycles. The number of pyridine rings is 1. The minimum absolute atomic E-state index is 0.0470. The van der Waals surface area contributed by atoms with Crippen LogP contribution in [-0.2, 0) is 9.53 Å². The second kappa shape index (κ2) is 5.16. The summed E-state index contributed by atoms with van der Waals surface area (Å²) in [5.41, 5.74) is 0. The van der Waals surface area contributed by atoms with Crippen molar-refractivity contribution in [1.29, 1.82) is 0 Å². The molecule has 1 unspecified atom stereocenters. The normalized spacial score (nSPS) is 21.1. The molecule has 80 valence electrons. The number of esters is 1. The van der Waals surface area contributed by atoms with Gasteiger partial charge in [0.1, 0.15) is 0 Å². The smallest absolute Gasteiger partial charge is 0.309 e. The average molecular weight is 223 g/mol. The number of hydrogen-bond acceptors (Lipinski definition) is 4. The molecule has 0 aliphatic carbocycles. The Morgan fingerprint density at radius 1 is 1.53 bits per heavy atom. The first-order valence-electron chi connectivity index (χ1n) is 5.07. The lowest BCUT2D eigenvalue weighted by Crippen LogP contribution is -2.25. The highest BCUT2D eigenvalue weighted by atomic mass is 32.2. The Labute approximate surface area is 93.2 Å². The molecule has 0 bridgehead atoms. The van der Waals surface area contributed by atoms with Crippen molar-refractivity contribution in [3.63, 3.8) is 0 Å². The van der Waals surface area contributed by atoms with Gasteiger partial charge in [-0.1, -0.05) is 6.07 Å². The number of rotatable bonds is 3. The van der Waals surface area contributed by atoms with E-state index in [1.807, 2.05) is 18.2 Å². The van der Waals surface area contributed by atoms with Gasteiger partial charge in [-0.15, -0.1) is 11.8 Å². The molecular weight excluding hydrogens is 210 g/mol. The average Bonchev–Trinajstić information content (AvgIpc) is 2.29. The third-order valence-electron chi connectivity index (χ3n) is 2.34. The summed E-state index contributed by atoms with van der Waals surface area (Å²) in [6.07, 6.45) is 3.69. The van der Waals surface area contributed by atoms with E-state index in [9.17, 15) is 4.79 Å². The molecule has 1 aromatic heterocycles. The van der Waals surface area contributed by atoms with Crippen LogP contribution in [0.1, 0.15) is 12.8 Å². The van der Waals surface area contributed by atoms with Gasteiger partial charge in [0.25, 0.3) is 0 Å². The van der Waals surface area contributed by atoms with Crippen LogP contribution >= 0.6 is 11.8 Å². The Kier molecular flexibility index (Phi) is 3.61. The molecule has 1 aromatic rings. The first-order chi connectivity index (χ1) is 7.36. The van der Waals surface area contributed by atoms with Crippen molar-refractivity contribution >= 4 is 17.7 Å². The fourth-order valence-electron chi connectivity index (χ4n) is 1.51. The van der Waals surface area contributed by atoms with Gasteiger partial charge in [-0.25, -0.2) is 4.98 Å². The molecule has 0 saturated carbocycles. The zero-order chi connectivity index (χ0) is 10.5. The molecule has 0 N–H and O–H groups in total. The van der Waals surface area contributed by atoms with Gasteiger partial charge in [0.15, 0.2) is 0 Å². The van der Waals surface area contributed by atoms with Crippen LogP contribution in [0.5, 0.6) is 0 Å². The summed E-state index contributed by atoms with van der Waals surface area (Å²) in [6, 6.07) is 5.80. The molecule has 0 spiro atoms. The number of carbonyl (C=O) groups is 1. The van der Waals surface area contributed by atoms with Gasteiger partial charge in [0, 0.05) is 11.9 Å². The summed E-state index contributed by atoms with van der Waals surface area (Å²) in [7, 11) is 0. The highest BCUT2D eigenvalue weighted by Crippen LogP contribution is 2.23. The molecule has 2 rings (SSSR count). The number of thioether (sulfide) groups is 1. The maximum Gasteiger partial charge on any atom is 0.309 e. The van der Waals surface area contributed by atoms with Crippen LogP contribution in [0, 0.1) is 5.92 Å². The number of hydrogen-bond donors (Lipinski definition) is 0. The molecule has 1 aliphatic rings. The van der Waals surface area contributed by atoms with E-state index in [2.05, 4.69) is 4.98 Å². The van der Waals surface area contributed by atoms with E-state index in [1.165, 1.54) is 0 Å². The Hall–Kier alpha value is -1.03. The number of aromatic nitrogens is 1. The summed E-state index contributed by atoms with van der Waals surface area (Å²) < 4.78 is 5.01. The van der Waals surface area contributed by atoms with Crippen LogP contribution < -0.4 is 0 Å². The van der Waals surface area contributed by atoms with Crippen molar-refractivity contribution in [3.8, 4) is 0 Å².